The van der Waals surface area contributed by atoms with Crippen LogP contribution in [0.25, 0.3) is 11.4 Å². The van der Waals surface area contributed by atoms with Crippen LogP contribution in [0.3, 0.4) is 0 Å². The fourth-order valence-corrected chi connectivity index (χ4v) is 4.79. The Kier molecular flexibility index (Phi) is 5.99. The molecule has 0 radical (unpaired) electrons. The predicted octanol–water partition coefficient (Wildman–Crippen LogP) is 2.93. The highest BCUT2D eigenvalue weighted by atomic mass is 32.1. The Morgan fingerprint density at radius 3 is 2.58 bits per heavy atom. The molecule has 0 aliphatic carbocycles. The molecule has 0 unspecified atom stereocenters. The van der Waals surface area contributed by atoms with Gasteiger partial charge >= 0.3 is 0 Å². The number of piperidine rings is 1. The number of hydrogen-bond donors (Lipinski definition) is 1. The van der Waals surface area contributed by atoms with Crippen molar-refractivity contribution in [3.8, 4) is 11.4 Å². The fraction of sp³-hybridized carbons (Fsp3) is 0.476. The van der Waals surface area contributed by atoms with Crippen molar-refractivity contribution in [1.82, 2.24) is 30.0 Å². The summed E-state index contributed by atoms with van der Waals surface area (Å²) in [4.78, 5) is 28.9. The van der Waals surface area contributed by atoms with Crippen molar-refractivity contribution in [3.63, 3.8) is 0 Å². The van der Waals surface area contributed by atoms with Crippen molar-refractivity contribution in [3.05, 3.63) is 39.4 Å². The van der Waals surface area contributed by atoms with E-state index >= 15 is 0 Å². The topological polar surface area (TPSA) is 88.8 Å². The molecule has 8 nitrogen and oxygen atoms in total. The van der Waals surface area contributed by atoms with Gasteiger partial charge in [0.05, 0.1) is 35.3 Å². The second kappa shape index (κ2) is 8.70. The van der Waals surface area contributed by atoms with E-state index in [1.165, 1.54) is 6.20 Å². The molecular weight excluding hydrogens is 417 g/mol. The van der Waals surface area contributed by atoms with Crippen molar-refractivity contribution >= 4 is 23.2 Å². The molecule has 0 aromatic carbocycles. The monoisotopic (exact) mass is 443 g/mol. The molecule has 3 aromatic heterocycles. The van der Waals surface area contributed by atoms with Crippen LogP contribution in [0.15, 0.2) is 12.4 Å². The lowest BCUT2D eigenvalue weighted by molar-refractivity contribution is -0.125. The van der Waals surface area contributed by atoms with E-state index in [0.29, 0.717) is 44.1 Å². The van der Waals surface area contributed by atoms with Gasteiger partial charge in [0, 0.05) is 30.9 Å². The second-order valence-corrected chi connectivity index (χ2v) is 9.29. The van der Waals surface area contributed by atoms with Crippen molar-refractivity contribution in [1.29, 1.82) is 0 Å². The standard InChI is InChI=1S/C21H26FN7OS/c1-12-9-25-28(4)19(12)18-16(22)10-24-21(27-18)29-7-5-15(6-8-29)20(30)23-11-17-13(2)31-14(3)26-17/h9-10,15H,5-8,11H2,1-4H3,(H,23,30). The highest BCUT2D eigenvalue weighted by Gasteiger charge is 2.27. The summed E-state index contributed by atoms with van der Waals surface area (Å²) in [5.41, 5.74) is 2.68. The zero-order valence-electron chi connectivity index (χ0n) is 18.1. The average molecular weight is 444 g/mol. The van der Waals surface area contributed by atoms with Crippen molar-refractivity contribution in [2.45, 2.75) is 40.2 Å². The maximum Gasteiger partial charge on any atom is 0.226 e. The molecule has 31 heavy (non-hydrogen) atoms. The summed E-state index contributed by atoms with van der Waals surface area (Å²) >= 11 is 1.64. The highest BCUT2D eigenvalue weighted by Crippen LogP contribution is 2.27. The largest absolute Gasteiger partial charge is 0.350 e. The first-order chi connectivity index (χ1) is 14.8. The van der Waals surface area contributed by atoms with E-state index in [9.17, 15) is 9.18 Å². The number of aryl methyl sites for hydroxylation is 4. The molecule has 0 bridgehead atoms. The number of aromatic nitrogens is 5. The molecule has 164 valence electrons. The van der Waals surface area contributed by atoms with E-state index in [4.69, 9.17) is 0 Å². The fourth-order valence-electron chi connectivity index (χ4n) is 3.96. The van der Waals surface area contributed by atoms with E-state index in [2.05, 4.69) is 25.4 Å². The van der Waals surface area contributed by atoms with Crippen molar-refractivity contribution < 1.29 is 9.18 Å². The molecule has 4 rings (SSSR count). The smallest absolute Gasteiger partial charge is 0.226 e. The van der Waals surface area contributed by atoms with E-state index in [-0.39, 0.29) is 17.5 Å². The molecule has 0 saturated carbocycles. The first-order valence-corrected chi connectivity index (χ1v) is 11.1. The van der Waals surface area contributed by atoms with Crippen LogP contribution in [0.5, 0.6) is 0 Å². The minimum Gasteiger partial charge on any atom is -0.350 e. The van der Waals surface area contributed by atoms with Crippen molar-refractivity contribution in [2.24, 2.45) is 13.0 Å². The van der Waals surface area contributed by atoms with Gasteiger partial charge in [0.1, 0.15) is 5.69 Å². The summed E-state index contributed by atoms with van der Waals surface area (Å²) in [5, 5.41) is 8.21. The summed E-state index contributed by atoms with van der Waals surface area (Å²) in [6.45, 7) is 7.61. The van der Waals surface area contributed by atoms with Crippen LogP contribution in [0.1, 0.15) is 34.0 Å². The SMILES string of the molecule is Cc1nc(CNC(=O)C2CCN(c3ncc(F)c(-c4c(C)cnn4C)n3)CC2)c(C)s1. The average Bonchev–Trinajstić information content (AvgIpc) is 3.26. The molecule has 10 heteroatoms. The summed E-state index contributed by atoms with van der Waals surface area (Å²) < 4.78 is 16.1. The zero-order chi connectivity index (χ0) is 22.1. The molecule has 1 aliphatic rings. The third-order valence-electron chi connectivity index (χ3n) is 5.66. The molecule has 1 fully saturated rings. The molecular formula is C21H26FN7OS. The van der Waals surface area contributed by atoms with Gasteiger partial charge in [-0.2, -0.15) is 5.10 Å². The Morgan fingerprint density at radius 2 is 1.97 bits per heavy atom. The van der Waals surface area contributed by atoms with Crippen LogP contribution in [0, 0.1) is 32.5 Å². The number of rotatable bonds is 5. The first-order valence-electron chi connectivity index (χ1n) is 10.3. The lowest BCUT2D eigenvalue weighted by atomic mass is 9.96. The maximum absolute atomic E-state index is 14.4. The number of carbonyl (C=O) groups is 1. The van der Waals surface area contributed by atoms with Gasteiger partial charge in [-0.15, -0.1) is 11.3 Å². The van der Waals surface area contributed by atoms with Gasteiger partial charge in [-0.25, -0.2) is 19.3 Å². The number of thiazole rings is 1. The quantitative estimate of drug-likeness (QED) is 0.652. The Balaban J connectivity index is 1.39. The molecule has 3 aromatic rings. The van der Waals surface area contributed by atoms with Gasteiger partial charge in [-0.05, 0) is 39.2 Å². The van der Waals surface area contributed by atoms with Gasteiger partial charge < -0.3 is 10.2 Å². The predicted molar refractivity (Wildman–Crippen MR) is 117 cm³/mol. The number of amides is 1. The Morgan fingerprint density at radius 1 is 1.23 bits per heavy atom. The third kappa shape index (κ3) is 4.43. The van der Waals surface area contributed by atoms with Gasteiger partial charge in [-0.3, -0.25) is 9.48 Å². The van der Waals surface area contributed by atoms with E-state index in [1.54, 1.807) is 29.3 Å². The zero-order valence-corrected chi connectivity index (χ0v) is 19.0. The number of hydrogen-bond acceptors (Lipinski definition) is 7. The van der Waals surface area contributed by atoms with E-state index in [0.717, 1.165) is 21.1 Å². The van der Waals surface area contributed by atoms with E-state index in [1.807, 2.05) is 25.7 Å². The van der Waals surface area contributed by atoms with Gasteiger partial charge in [0.15, 0.2) is 5.82 Å². The normalized spacial score (nSPS) is 14.8. The molecule has 1 saturated heterocycles. The minimum atomic E-state index is -0.475. The van der Waals surface area contributed by atoms with Gasteiger partial charge in [-0.1, -0.05) is 0 Å². The van der Waals surface area contributed by atoms with Crippen LogP contribution >= 0.6 is 11.3 Å². The number of nitrogens with one attached hydrogen (secondary N) is 1. The number of nitrogens with zero attached hydrogens (tertiary/aromatic N) is 6. The third-order valence-corrected chi connectivity index (χ3v) is 6.58. The van der Waals surface area contributed by atoms with Crippen LogP contribution < -0.4 is 10.2 Å². The Bertz CT molecular complexity index is 1080. The summed E-state index contributed by atoms with van der Waals surface area (Å²) in [5.74, 6) is -0.00633. The first kappa shape index (κ1) is 21.4. The summed E-state index contributed by atoms with van der Waals surface area (Å²) in [6, 6.07) is 0. The Hall–Kier alpha value is -2.88. The van der Waals surface area contributed by atoms with Crippen LogP contribution in [0.2, 0.25) is 0 Å². The number of carbonyl (C=O) groups excluding carboxylic acids is 1. The lowest BCUT2D eigenvalue weighted by Crippen LogP contribution is -2.41. The van der Waals surface area contributed by atoms with Gasteiger partial charge in [0.2, 0.25) is 11.9 Å². The Labute approximate surface area is 184 Å². The van der Waals surface area contributed by atoms with Crippen LogP contribution in [-0.4, -0.2) is 43.7 Å². The van der Waals surface area contributed by atoms with Crippen LogP contribution in [0.4, 0.5) is 10.3 Å². The molecule has 1 amide bonds. The molecule has 1 aliphatic heterocycles. The maximum atomic E-state index is 14.4. The van der Waals surface area contributed by atoms with Gasteiger partial charge in [0.25, 0.3) is 0 Å². The molecule has 1 N–H and O–H groups in total. The van der Waals surface area contributed by atoms with E-state index < -0.39 is 5.82 Å². The molecule has 0 atom stereocenters. The highest BCUT2D eigenvalue weighted by molar-refractivity contribution is 7.11. The molecule has 0 spiro atoms. The minimum absolute atomic E-state index is 0.0518. The van der Waals surface area contributed by atoms with Crippen LogP contribution in [-0.2, 0) is 18.4 Å². The number of halogens is 1. The number of anilines is 1. The second-order valence-electron chi connectivity index (χ2n) is 7.88. The summed E-state index contributed by atoms with van der Waals surface area (Å²) in [7, 11) is 1.77. The van der Waals surface area contributed by atoms with Crippen molar-refractivity contribution in [2.75, 3.05) is 18.0 Å². The lowest BCUT2D eigenvalue weighted by Gasteiger charge is -2.31. The molecule has 4 heterocycles. The summed E-state index contributed by atoms with van der Waals surface area (Å²) in [6.07, 6.45) is 4.29.